The minimum absolute atomic E-state index is 0.118. The Hall–Kier alpha value is -6.04. The summed E-state index contributed by atoms with van der Waals surface area (Å²) >= 11 is 0. The number of H-pyrrole nitrogens is 1. The first kappa shape index (κ1) is 32.5. The van der Waals surface area contributed by atoms with Gasteiger partial charge in [-0.05, 0) is 59.7 Å². The highest BCUT2D eigenvalue weighted by atomic mass is 19.1. The fourth-order valence-electron chi connectivity index (χ4n) is 3.80. The van der Waals surface area contributed by atoms with Crippen LogP contribution in [0.2, 0.25) is 0 Å². The maximum Gasteiger partial charge on any atom is 0.345 e. The number of rotatable bonds is 6. The molecule has 0 radical (unpaired) electrons. The van der Waals surface area contributed by atoms with Gasteiger partial charge in [0.2, 0.25) is 0 Å². The molecule has 0 saturated heterocycles. The molecule has 10 nitrogen and oxygen atoms in total. The van der Waals surface area contributed by atoms with Crippen molar-refractivity contribution in [3.05, 3.63) is 143 Å². The molecule has 0 unspecified atom stereocenters. The first-order valence-corrected chi connectivity index (χ1v) is 12.9. The van der Waals surface area contributed by atoms with Gasteiger partial charge in [-0.25, -0.2) is 23.4 Å². The van der Waals surface area contributed by atoms with Gasteiger partial charge in [0, 0.05) is 73.5 Å². The van der Waals surface area contributed by atoms with Crippen LogP contribution >= 0.6 is 0 Å². The van der Waals surface area contributed by atoms with Gasteiger partial charge in [0.05, 0.1) is 5.69 Å². The molecule has 3 heterocycles. The van der Waals surface area contributed by atoms with Crippen molar-refractivity contribution < 1.29 is 18.4 Å². The molecule has 5 aromatic rings. The lowest BCUT2D eigenvalue weighted by atomic mass is 9.98. The number of nitrogens with one attached hydrogen (secondary N) is 1. The Morgan fingerprint density at radius 1 is 0.750 bits per heavy atom. The number of urea groups is 1. The van der Waals surface area contributed by atoms with Crippen LogP contribution < -0.4 is 17.2 Å². The number of pyridine rings is 2. The van der Waals surface area contributed by atoms with Gasteiger partial charge in [-0.15, -0.1) is 0 Å². The molecule has 5 rings (SSSR count). The van der Waals surface area contributed by atoms with Gasteiger partial charge >= 0.3 is 11.7 Å². The fraction of sp³-hybridized carbons (Fsp3) is 0.0625. The van der Waals surface area contributed by atoms with Gasteiger partial charge in [-0.2, -0.15) is 0 Å². The third-order valence-corrected chi connectivity index (χ3v) is 5.67. The van der Waals surface area contributed by atoms with Crippen LogP contribution in [0.25, 0.3) is 28.0 Å². The van der Waals surface area contributed by atoms with E-state index in [-0.39, 0.29) is 17.4 Å². The molecule has 0 saturated carbocycles. The van der Waals surface area contributed by atoms with Crippen LogP contribution in [0.4, 0.5) is 13.6 Å². The summed E-state index contributed by atoms with van der Waals surface area (Å²) in [5, 5.41) is 0. The third kappa shape index (κ3) is 9.80. The van der Waals surface area contributed by atoms with Gasteiger partial charge in [0.15, 0.2) is 5.78 Å². The largest absolute Gasteiger partial charge is 0.383 e. The molecule has 0 aliphatic rings. The van der Waals surface area contributed by atoms with Gasteiger partial charge in [0.1, 0.15) is 11.6 Å². The second kappa shape index (κ2) is 15.8. The van der Waals surface area contributed by atoms with E-state index in [1.807, 2.05) is 14.1 Å². The Morgan fingerprint density at radius 3 is 1.77 bits per heavy atom. The molecule has 0 bridgehead atoms. The SMILES string of the molecule is CN(C)/C=C(\C(=O)c1ccncc1)c1ccc(F)cc1.NC(N)=O.O=c1ncc(-c2ccc(F)cc2)c(-c2ccncc2)[nH]1. The first-order valence-electron chi connectivity index (χ1n) is 12.9. The number of nitrogens with zero attached hydrogens (tertiary/aromatic N) is 4. The normalized spacial score (nSPS) is 10.4. The van der Waals surface area contributed by atoms with Crippen LogP contribution in [0.5, 0.6) is 0 Å². The van der Waals surface area contributed by atoms with E-state index in [1.165, 1.54) is 30.5 Å². The van der Waals surface area contributed by atoms with Crippen molar-refractivity contribution in [3.63, 3.8) is 0 Å². The molecular weight excluding hydrogens is 568 g/mol. The molecule has 2 amide bonds. The van der Waals surface area contributed by atoms with Gasteiger partial charge < -0.3 is 21.4 Å². The van der Waals surface area contributed by atoms with Crippen LogP contribution in [0.1, 0.15) is 15.9 Å². The maximum atomic E-state index is 13.0. The molecule has 0 fully saturated rings. The number of primary amides is 2. The average Bonchev–Trinajstić information content (AvgIpc) is 3.01. The Kier molecular flexibility index (Phi) is 11.7. The zero-order valence-corrected chi connectivity index (χ0v) is 23.8. The van der Waals surface area contributed by atoms with Crippen LogP contribution in [0.3, 0.4) is 0 Å². The lowest BCUT2D eigenvalue weighted by Gasteiger charge is -2.12. The smallest absolute Gasteiger partial charge is 0.345 e. The number of benzene rings is 2. The van der Waals surface area contributed by atoms with Crippen molar-refractivity contribution in [2.24, 2.45) is 11.5 Å². The number of Topliss-reactive ketones (excluding diaryl/α,β-unsaturated/α-hetero) is 1. The number of allylic oxidation sites excluding steroid dienone is 1. The molecule has 3 aromatic heterocycles. The minimum Gasteiger partial charge on any atom is -0.383 e. The molecule has 2 aromatic carbocycles. The van der Waals surface area contributed by atoms with Crippen molar-refractivity contribution in [1.29, 1.82) is 0 Å². The highest BCUT2D eigenvalue weighted by Crippen LogP contribution is 2.28. The average molecular weight is 598 g/mol. The monoisotopic (exact) mass is 597 g/mol. The topological polar surface area (TPSA) is 161 Å². The summed E-state index contributed by atoms with van der Waals surface area (Å²) in [5.74, 6) is -0.751. The number of hydrogen-bond donors (Lipinski definition) is 3. The van der Waals surface area contributed by atoms with E-state index in [1.54, 1.807) is 84.4 Å². The van der Waals surface area contributed by atoms with Crippen LogP contribution in [-0.2, 0) is 0 Å². The molecule has 224 valence electrons. The number of aromatic nitrogens is 4. The molecular formula is C32H29F2N7O3. The predicted molar refractivity (Wildman–Crippen MR) is 164 cm³/mol. The van der Waals surface area contributed by atoms with Crippen molar-refractivity contribution >= 4 is 17.4 Å². The Morgan fingerprint density at radius 2 is 1.25 bits per heavy atom. The number of carbonyl (C=O) groups is 2. The van der Waals surface area contributed by atoms with Crippen LogP contribution in [-0.4, -0.2) is 50.7 Å². The number of carbonyl (C=O) groups excluding carboxylic acids is 2. The third-order valence-electron chi connectivity index (χ3n) is 5.67. The molecule has 5 N–H and O–H groups in total. The lowest BCUT2D eigenvalue weighted by Crippen LogP contribution is -2.18. The van der Waals surface area contributed by atoms with E-state index in [0.29, 0.717) is 22.4 Å². The summed E-state index contributed by atoms with van der Waals surface area (Å²) in [6, 6.07) is 18.0. The van der Waals surface area contributed by atoms with Crippen molar-refractivity contribution in [2.45, 2.75) is 0 Å². The molecule has 0 aliphatic carbocycles. The summed E-state index contributed by atoms with van der Waals surface area (Å²) < 4.78 is 26.0. The predicted octanol–water partition coefficient (Wildman–Crippen LogP) is 4.67. The van der Waals surface area contributed by atoms with Gasteiger partial charge in [-0.3, -0.25) is 14.8 Å². The van der Waals surface area contributed by atoms with E-state index in [2.05, 4.69) is 31.4 Å². The number of amides is 2. The zero-order valence-electron chi connectivity index (χ0n) is 23.8. The quantitative estimate of drug-likeness (QED) is 0.189. The number of halogens is 2. The molecule has 44 heavy (non-hydrogen) atoms. The Labute approximate surface area is 251 Å². The minimum atomic E-state index is -0.833. The first-order chi connectivity index (χ1) is 21.0. The second-order valence-corrected chi connectivity index (χ2v) is 9.20. The highest BCUT2D eigenvalue weighted by molar-refractivity contribution is 6.28. The van der Waals surface area contributed by atoms with E-state index in [9.17, 15) is 18.4 Å². The fourth-order valence-corrected chi connectivity index (χ4v) is 3.80. The summed E-state index contributed by atoms with van der Waals surface area (Å²) in [4.78, 5) is 49.1. The van der Waals surface area contributed by atoms with Crippen molar-refractivity contribution in [2.75, 3.05) is 14.1 Å². The molecule has 0 aliphatic heterocycles. The Bertz CT molecular complexity index is 1760. The molecule has 0 spiro atoms. The number of ketones is 1. The second-order valence-electron chi connectivity index (χ2n) is 9.20. The standard InChI is InChI=1S/C16H15FN2O.C15H10FN3O.CH4N2O/c1-19(2)11-15(12-3-5-14(17)6-4-12)16(20)13-7-9-18-10-8-13;16-12-3-1-10(2-4-12)13-9-18-15(20)19-14(13)11-5-7-17-8-6-11;2-1(3)4/h3-11H,1-2H3;1-9H,(H,18,19,20);(H4,2,3,4)/b15-11-;;. The van der Waals surface area contributed by atoms with Crippen molar-refractivity contribution in [3.8, 4) is 22.4 Å². The van der Waals surface area contributed by atoms with E-state index in [0.717, 1.165) is 16.7 Å². The van der Waals surface area contributed by atoms with Crippen LogP contribution in [0, 0.1) is 11.6 Å². The van der Waals surface area contributed by atoms with E-state index >= 15 is 0 Å². The van der Waals surface area contributed by atoms with Gasteiger partial charge in [-0.1, -0.05) is 24.3 Å². The van der Waals surface area contributed by atoms with E-state index < -0.39 is 11.7 Å². The van der Waals surface area contributed by atoms with E-state index in [4.69, 9.17) is 4.79 Å². The molecule has 0 atom stereocenters. The maximum absolute atomic E-state index is 13.0. The van der Waals surface area contributed by atoms with Gasteiger partial charge in [0.25, 0.3) is 0 Å². The summed E-state index contributed by atoms with van der Waals surface area (Å²) in [6.45, 7) is 0. The number of aromatic amines is 1. The number of hydrogen-bond acceptors (Lipinski definition) is 7. The lowest BCUT2D eigenvalue weighted by molar-refractivity contribution is 0.105. The highest BCUT2D eigenvalue weighted by Gasteiger charge is 2.15. The Balaban J connectivity index is 0.000000215. The van der Waals surface area contributed by atoms with Crippen molar-refractivity contribution in [1.82, 2.24) is 24.8 Å². The molecule has 12 heteroatoms. The zero-order chi connectivity index (χ0) is 32.1. The number of nitrogens with two attached hydrogens (primary N) is 2. The summed E-state index contributed by atoms with van der Waals surface area (Å²) in [5.41, 5.74) is 12.8. The van der Waals surface area contributed by atoms with Crippen LogP contribution in [0.15, 0.2) is 115 Å². The summed E-state index contributed by atoms with van der Waals surface area (Å²) in [6.07, 6.45) is 9.65. The summed E-state index contributed by atoms with van der Waals surface area (Å²) in [7, 11) is 3.67.